The van der Waals surface area contributed by atoms with Crippen LogP contribution in [0.2, 0.25) is 0 Å². The normalized spacial score (nSPS) is 17.0. The summed E-state index contributed by atoms with van der Waals surface area (Å²) in [6, 6.07) is 11.3. The Kier molecular flexibility index (Phi) is 9.02. The van der Waals surface area contributed by atoms with Crippen LogP contribution in [-0.4, -0.2) is 43.7 Å². The molecule has 28 heavy (non-hydrogen) atoms. The number of hydrogen-bond acceptors (Lipinski definition) is 3. The zero-order valence-corrected chi connectivity index (χ0v) is 19.4. The van der Waals surface area contributed by atoms with E-state index in [-0.39, 0.29) is 24.0 Å². The van der Waals surface area contributed by atoms with Gasteiger partial charge < -0.3 is 15.5 Å². The molecule has 6 heteroatoms. The van der Waals surface area contributed by atoms with Gasteiger partial charge in [-0.05, 0) is 62.4 Å². The topological polar surface area (TPSA) is 52.6 Å². The molecule has 0 saturated carbocycles. The molecule has 0 aliphatic carbocycles. The summed E-state index contributed by atoms with van der Waals surface area (Å²) in [4.78, 5) is 11.0. The van der Waals surface area contributed by atoms with Crippen molar-refractivity contribution in [2.45, 2.75) is 39.2 Å². The van der Waals surface area contributed by atoms with Gasteiger partial charge in [-0.1, -0.05) is 17.7 Å². The van der Waals surface area contributed by atoms with Crippen molar-refractivity contribution < 1.29 is 0 Å². The average molecular weight is 493 g/mol. The van der Waals surface area contributed by atoms with Crippen molar-refractivity contribution in [3.8, 4) is 0 Å². The van der Waals surface area contributed by atoms with Gasteiger partial charge in [-0.25, -0.2) is 0 Å². The number of aromatic nitrogens is 1. The van der Waals surface area contributed by atoms with Crippen molar-refractivity contribution in [1.29, 1.82) is 0 Å². The quantitative estimate of drug-likeness (QED) is 0.379. The molecule has 1 aliphatic rings. The molecule has 2 heterocycles. The maximum atomic E-state index is 4.41. The first-order valence-electron chi connectivity index (χ1n) is 9.84. The number of halogens is 1. The lowest BCUT2D eigenvalue weighted by molar-refractivity contribution is 0.468. The van der Waals surface area contributed by atoms with Crippen molar-refractivity contribution in [2.75, 3.05) is 31.6 Å². The molecule has 1 aromatic heterocycles. The predicted octanol–water partition coefficient (Wildman–Crippen LogP) is 3.69. The third-order valence-corrected chi connectivity index (χ3v) is 5.21. The Morgan fingerprint density at radius 3 is 2.71 bits per heavy atom. The molecule has 2 N–H and O–H groups in total. The molecule has 0 spiro atoms. The Bertz CT molecular complexity index is 760. The second-order valence-corrected chi connectivity index (χ2v) is 7.32. The molecular weight excluding hydrogens is 461 g/mol. The minimum Gasteiger partial charge on any atom is -0.369 e. The van der Waals surface area contributed by atoms with Gasteiger partial charge in [0.15, 0.2) is 5.96 Å². The lowest BCUT2D eigenvalue weighted by atomic mass is 10.0. The SMILES string of the molecule is CN=C(NCCc1ccncc1C)NC1CCCN(c2ccc(C)cc2)C1.I. The van der Waals surface area contributed by atoms with Crippen LogP contribution in [0.4, 0.5) is 5.69 Å². The van der Waals surface area contributed by atoms with Crippen LogP contribution in [0.3, 0.4) is 0 Å². The van der Waals surface area contributed by atoms with Gasteiger partial charge in [0.05, 0.1) is 0 Å². The molecule has 1 aromatic carbocycles. The predicted molar refractivity (Wildman–Crippen MR) is 129 cm³/mol. The van der Waals surface area contributed by atoms with E-state index in [4.69, 9.17) is 0 Å². The summed E-state index contributed by atoms with van der Waals surface area (Å²) in [5.41, 5.74) is 5.18. The van der Waals surface area contributed by atoms with Crippen LogP contribution in [0.25, 0.3) is 0 Å². The van der Waals surface area contributed by atoms with Crippen LogP contribution in [0.15, 0.2) is 47.7 Å². The van der Waals surface area contributed by atoms with Gasteiger partial charge >= 0.3 is 0 Å². The van der Waals surface area contributed by atoms with Gasteiger partial charge in [-0.2, -0.15) is 0 Å². The highest BCUT2D eigenvalue weighted by Gasteiger charge is 2.20. The summed E-state index contributed by atoms with van der Waals surface area (Å²) < 4.78 is 0. The Morgan fingerprint density at radius 1 is 1.21 bits per heavy atom. The fourth-order valence-electron chi connectivity index (χ4n) is 3.57. The summed E-state index contributed by atoms with van der Waals surface area (Å²) in [5, 5.41) is 7.06. The smallest absolute Gasteiger partial charge is 0.191 e. The molecule has 1 fully saturated rings. The molecule has 1 atom stereocenters. The highest BCUT2D eigenvalue weighted by Crippen LogP contribution is 2.20. The number of nitrogens with one attached hydrogen (secondary N) is 2. The zero-order valence-electron chi connectivity index (χ0n) is 17.1. The molecular formula is C22H32IN5. The molecule has 1 unspecified atom stereocenters. The van der Waals surface area contributed by atoms with Gasteiger partial charge in [-0.15, -0.1) is 24.0 Å². The number of benzene rings is 1. The largest absolute Gasteiger partial charge is 0.369 e. The van der Waals surface area contributed by atoms with E-state index in [1.807, 2.05) is 19.4 Å². The highest BCUT2D eigenvalue weighted by atomic mass is 127. The van der Waals surface area contributed by atoms with Crippen LogP contribution >= 0.6 is 24.0 Å². The van der Waals surface area contributed by atoms with Crippen molar-refractivity contribution in [2.24, 2.45) is 4.99 Å². The second kappa shape index (κ2) is 11.2. The minimum absolute atomic E-state index is 0. The van der Waals surface area contributed by atoms with Gasteiger partial charge in [0.25, 0.3) is 0 Å². The van der Waals surface area contributed by atoms with Gasteiger partial charge in [-0.3, -0.25) is 9.98 Å². The first kappa shape index (κ1) is 22.5. The van der Waals surface area contributed by atoms with Gasteiger partial charge in [0, 0.05) is 50.8 Å². The molecule has 1 aliphatic heterocycles. The van der Waals surface area contributed by atoms with E-state index in [0.717, 1.165) is 32.0 Å². The summed E-state index contributed by atoms with van der Waals surface area (Å²) in [7, 11) is 1.84. The number of nitrogens with zero attached hydrogens (tertiary/aromatic N) is 3. The van der Waals surface area contributed by atoms with Crippen LogP contribution in [0.5, 0.6) is 0 Å². The molecule has 5 nitrogen and oxygen atoms in total. The number of guanidine groups is 1. The summed E-state index contributed by atoms with van der Waals surface area (Å²) in [6.45, 7) is 7.23. The number of anilines is 1. The third kappa shape index (κ3) is 6.36. The maximum Gasteiger partial charge on any atom is 0.191 e. The molecule has 1 saturated heterocycles. The van der Waals surface area contributed by atoms with E-state index in [9.17, 15) is 0 Å². The standard InChI is InChI=1S/C22H31N5.HI/c1-17-6-8-21(9-7-17)27-14-4-5-20(16-27)26-22(23-3)25-13-11-19-10-12-24-15-18(19)2;/h6-10,12,15,20H,4-5,11,13-14,16H2,1-3H3,(H2,23,25,26);1H. The molecule has 2 aromatic rings. The second-order valence-electron chi connectivity index (χ2n) is 7.32. The number of hydrogen-bond donors (Lipinski definition) is 2. The monoisotopic (exact) mass is 493 g/mol. The lowest BCUT2D eigenvalue weighted by Crippen LogP contribution is -2.51. The highest BCUT2D eigenvalue weighted by molar-refractivity contribution is 14.0. The summed E-state index contributed by atoms with van der Waals surface area (Å²) in [5.74, 6) is 0.887. The third-order valence-electron chi connectivity index (χ3n) is 5.21. The van der Waals surface area contributed by atoms with Crippen molar-refractivity contribution in [1.82, 2.24) is 15.6 Å². The Morgan fingerprint density at radius 2 is 2.00 bits per heavy atom. The van der Waals surface area contributed by atoms with Crippen LogP contribution in [0.1, 0.15) is 29.5 Å². The number of piperidine rings is 1. The van der Waals surface area contributed by atoms with Crippen LogP contribution < -0.4 is 15.5 Å². The van der Waals surface area contributed by atoms with E-state index in [0.29, 0.717) is 6.04 Å². The summed E-state index contributed by atoms with van der Waals surface area (Å²) >= 11 is 0. The minimum atomic E-state index is 0. The van der Waals surface area contributed by atoms with Crippen LogP contribution in [-0.2, 0) is 6.42 Å². The number of aryl methyl sites for hydroxylation is 2. The van der Waals surface area contributed by atoms with Gasteiger partial charge in [0.1, 0.15) is 0 Å². The van der Waals surface area contributed by atoms with Crippen LogP contribution in [0, 0.1) is 13.8 Å². The van der Waals surface area contributed by atoms with E-state index < -0.39 is 0 Å². The van der Waals surface area contributed by atoms with Gasteiger partial charge in [0.2, 0.25) is 0 Å². The fraction of sp³-hybridized carbons (Fsp3) is 0.455. The average Bonchev–Trinajstić information content (AvgIpc) is 2.69. The van der Waals surface area contributed by atoms with E-state index >= 15 is 0 Å². The molecule has 0 amide bonds. The molecule has 0 bridgehead atoms. The number of pyridine rings is 1. The first-order chi connectivity index (χ1) is 13.2. The number of aliphatic imine (C=N–C) groups is 1. The molecule has 152 valence electrons. The maximum absolute atomic E-state index is 4.41. The summed E-state index contributed by atoms with van der Waals surface area (Å²) in [6.07, 6.45) is 7.11. The molecule has 0 radical (unpaired) electrons. The van der Waals surface area contributed by atoms with Crippen molar-refractivity contribution in [3.05, 3.63) is 59.4 Å². The van der Waals surface area contributed by atoms with Crippen molar-refractivity contribution >= 4 is 35.6 Å². The van der Waals surface area contributed by atoms with E-state index in [1.54, 1.807) is 0 Å². The molecule has 3 rings (SSSR count). The Labute approximate surface area is 186 Å². The van der Waals surface area contributed by atoms with E-state index in [2.05, 4.69) is 69.7 Å². The van der Waals surface area contributed by atoms with Crippen molar-refractivity contribution in [3.63, 3.8) is 0 Å². The lowest BCUT2D eigenvalue weighted by Gasteiger charge is -2.35. The first-order valence-corrected chi connectivity index (χ1v) is 9.84. The fourth-order valence-corrected chi connectivity index (χ4v) is 3.57. The van der Waals surface area contributed by atoms with E-state index in [1.165, 1.54) is 35.2 Å². The Hall–Kier alpha value is -1.83. The zero-order chi connectivity index (χ0) is 19.1. The number of rotatable bonds is 5. The Balaban J connectivity index is 0.00000280.